The van der Waals surface area contributed by atoms with Gasteiger partial charge in [-0.15, -0.1) is 11.8 Å². The van der Waals surface area contributed by atoms with Gasteiger partial charge in [0.2, 0.25) is 17.7 Å². The van der Waals surface area contributed by atoms with Crippen LogP contribution < -0.4 is 16.0 Å². The molecule has 0 atom stereocenters. The highest BCUT2D eigenvalue weighted by Gasteiger charge is 2.07. The first-order chi connectivity index (χ1) is 15.0. The molecule has 3 aromatic carbocycles. The third-order valence-electron chi connectivity index (χ3n) is 4.18. The molecule has 0 aliphatic carbocycles. The summed E-state index contributed by atoms with van der Waals surface area (Å²) >= 11 is 1.38. The number of carbonyl (C=O) groups excluding carboxylic acids is 3. The number of carbonyl (C=O) groups is 3. The molecule has 0 bridgehead atoms. The molecule has 3 rings (SSSR count). The molecule has 0 fully saturated rings. The highest BCUT2D eigenvalue weighted by Crippen LogP contribution is 2.22. The van der Waals surface area contributed by atoms with E-state index in [-0.39, 0.29) is 23.5 Å². The monoisotopic (exact) mass is 433 g/mol. The average Bonchev–Trinajstić information content (AvgIpc) is 2.74. The molecule has 0 aliphatic heterocycles. The van der Waals surface area contributed by atoms with Crippen molar-refractivity contribution in [2.75, 3.05) is 21.7 Å². The summed E-state index contributed by atoms with van der Waals surface area (Å²) in [6, 6.07) is 23.9. The molecule has 0 aromatic heterocycles. The molecule has 0 saturated heterocycles. The Hall–Kier alpha value is -3.58. The van der Waals surface area contributed by atoms with E-state index in [0.717, 1.165) is 10.5 Å². The third-order valence-corrected chi connectivity index (χ3v) is 5.18. The summed E-state index contributed by atoms with van der Waals surface area (Å²) in [6.45, 7) is 1.44. The minimum atomic E-state index is -0.147. The van der Waals surface area contributed by atoms with E-state index in [9.17, 15) is 14.4 Å². The minimum Gasteiger partial charge on any atom is -0.326 e. The second-order valence-electron chi connectivity index (χ2n) is 6.83. The number of hydrogen-bond acceptors (Lipinski definition) is 4. The topological polar surface area (TPSA) is 87.3 Å². The molecule has 0 spiro atoms. The molecule has 31 heavy (non-hydrogen) atoms. The zero-order valence-corrected chi connectivity index (χ0v) is 17.9. The SMILES string of the molecule is CC(=O)Nc1ccc(NC(=O)CSc2cccc(NC(=O)Cc3ccccc3)c2)cc1. The number of thioether (sulfide) groups is 1. The molecule has 3 aromatic rings. The Balaban J connectivity index is 1.48. The van der Waals surface area contributed by atoms with Crippen LogP contribution in [0.2, 0.25) is 0 Å². The third kappa shape index (κ3) is 7.64. The Labute approximate surface area is 185 Å². The lowest BCUT2D eigenvalue weighted by Gasteiger charge is -2.09. The predicted molar refractivity (Wildman–Crippen MR) is 125 cm³/mol. The van der Waals surface area contributed by atoms with E-state index in [1.165, 1.54) is 18.7 Å². The first kappa shape index (κ1) is 22.1. The van der Waals surface area contributed by atoms with Gasteiger partial charge in [0, 0.05) is 28.9 Å². The van der Waals surface area contributed by atoms with Gasteiger partial charge < -0.3 is 16.0 Å². The normalized spacial score (nSPS) is 10.2. The van der Waals surface area contributed by atoms with Crippen molar-refractivity contribution in [3.63, 3.8) is 0 Å². The molecule has 3 amide bonds. The number of nitrogens with one attached hydrogen (secondary N) is 3. The summed E-state index contributed by atoms with van der Waals surface area (Å²) in [5, 5.41) is 8.40. The van der Waals surface area contributed by atoms with E-state index < -0.39 is 0 Å². The van der Waals surface area contributed by atoms with Gasteiger partial charge in [-0.2, -0.15) is 0 Å². The van der Waals surface area contributed by atoms with Crippen molar-refractivity contribution in [2.24, 2.45) is 0 Å². The zero-order chi connectivity index (χ0) is 22.1. The second-order valence-corrected chi connectivity index (χ2v) is 7.88. The van der Waals surface area contributed by atoms with Crippen LogP contribution in [0, 0.1) is 0 Å². The fraction of sp³-hybridized carbons (Fsp3) is 0.125. The second kappa shape index (κ2) is 11.0. The molecule has 7 heteroatoms. The highest BCUT2D eigenvalue weighted by molar-refractivity contribution is 8.00. The van der Waals surface area contributed by atoms with Crippen molar-refractivity contribution in [1.29, 1.82) is 0 Å². The number of hydrogen-bond donors (Lipinski definition) is 3. The van der Waals surface area contributed by atoms with Crippen LogP contribution in [-0.4, -0.2) is 23.5 Å². The van der Waals surface area contributed by atoms with Gasteiger partial charge in [0.1, 0.15) is 0 Å². The van der Waals surface area contributed by atoms with Crippen molar-refractivity contribution < 1.29 is 14.4 Å². The quantitative estimate of drug-likeness (QED) is 0.455. The summed E-state index contributed by atoms with van der Waals surface area (Å²) in [5.74, 6) is -0.147. The first-order valence-corrected chi connectivity index (χ1v) is 10.7. The van der Waals surface area contributed by atoms with E-state index in [2.05, 4.69) is 16.0 Å². The van der Waals surface area contributed by atoms with Gasteiger partial charge in [-0.1, -0.05) is 36.4 Å². The van der Waals surface area contributed by atoms with Crippen LogP contribution in [0.3, 0.4) is 0 Å². The Morgan fingerprint density at radius 1 is 0.710 bits per heavy atom. The summed E-state index contributed by atoms with van der Waals surface area (Å²) in [7, 11) is 0. The molecule has 0 radical (unpaired) electrons. The minimum absolute atomic E-state index is 0.0891. The van der Waals surface area contributed by atoms with Gasteiger partial charge in [-0.3, -0.25) is 14.4 Å². The maximum Gasteiger partial charge on any atom is 0.234 e. The predicted octanol–water partition coefficient (Wildman–Crippen LogP) is 4.56. The number of rotatable bonds is 8. The lowest BCUT2D eigenvalue weighted by molar-refractivity contribution is -0.116. The van der Waals surface area contributed by atoms with Crippen LogP contribution in [0.4, 0.5) is 17.1 Å². The van der Waals surface area contributed by atoms with Crippen molar-refractivity contribution in [1.82, 2.24) is 0 Å². The Kier molecular flexibility index (Phi) is 7.84. The molecule has 0 saturated carbocycles. The number of amides is 3. The van der Waals surface area contributed by atoms with Crippen LogP contribution in [-0.2, 0) is 20.8 Å². The van der Waals surface area contributed by atoms with E-state index in [1.54, 1.807) is 24.3 Å². The molecule has 158 valence electrons. The van der Waals surface area contributed by atoms with Gasteiger partial charge >= 0.3 is 0 Å². The van der Waals surface area contributed by atoms with E-state index >= 15 is 0 Å². The van der Waals surface area contributed by atoms with Crippen molar-refractivity contribution >= 4 is 46.5 Å². The Morgan fingerprint density at radius 3 is 2.03 bits per heavy atom. The summed E-state index contributed by atoms with van der Waals surface area (Å²) < 4.78 is 0. The molecule has 3 N–H and O–H groups in total. The Morgan fingerprint density at radius 2 is 1.35 bits per heavy atom. The first-order valence-electron chi connectivity index (χ1n) is 9.72. The summed E-state index contributed by atoms with van der Waals surface area (Å²) in [5.41, 5.74) is 2.97. The maximum atomic E-state index is 12.2. The van der Waals surface area contributed by atoms with Crippen LogP contribution in [0.15, 0.2) is 83.8 Å². The van der Waals surface area contributed by atoms with Crippen LogP contribution in [0.1, 0.15) is 12.5 Å². The van der Waals surface area contributed by atoms with Crippen LogP contribution in [0.25, 0.3) is 0 Å². The fourth-order valence-electron chi connectivity index (χ4n) is 2.84. The van der Waals surface area contributed by atoms with Crippen molar-refractivity contribution in [3.05, 3.63) is 84.4 Å². The van der Waals surface area contributed by atoms with E-state index in [4.69, 9.17) is 0 Å². The molecule has 0 unspecified atom stereocenters. The molecule has 0 heterocycles. The summed E-state index contributed by atoms with van der Waals surface area (Å²) in [4.78, 5) is 36.4. The van der Waals surface area contributed by atoms with Gasteiger partial charge in [-0.25, -0.2) is 0 Å². The highest BCUT2D eigenvalue weighted by atomic mass is 32.2. The lowest BCUT2D eigenvalue weighted by Crippen LogP contribution is -2.15. The van der Waals surface area contributed by atoms with E-state index in [0.29, 0.717) is 23.5 Å². The maximum absolute atomic E-state index is 12.2. The van der Waals surface area contributed by atoms with Gasteiger partial charge in [-0.05, 0) is 48.0 Å². The molecular weight excluding hydrogens is 410 g/mol. The lowest BCUT2D eigenvalue weighted by atomic mass is 10.1. The zero-order valence-electron chi connectivity index (χ0n) is 17.1. The summed E-state index contributed by atoms with van der Waals surface area (Å²) in [6.07, 6.45) is 0.307. The number of benzene rings is 3. The van der Waals surface area contributed by atoms with Gasteiger partial charge in [0.15, 0.2) is 0 Å². The largest absolute Gasteiger partial charge is 0.326 e. The Bertz CT molecular complexity index is 1050. The smallest absolute Gasteiger partial charge is 0.234 e. The van der Waals surface area contributed by atoms with Crippen molar-refractivity contribution in [3.8, 4) is 0 Å². The fourth-order valence-corrected chi connectivity index (χ4v) is 3.59. The standard InChI is InChI=1S/C24H23N3O3S/c1-17(28)25-19-10-12-20(13-11-19)26-24(30)16-31-22-9-5-8-21(15-22)27-23(29)14-18-6-3-2-4-7-18/h2-13,15H,14,16H2,1H3,(H,25,28)(H,26,30)(H,27,29). The number of anilines is 3. The average molecular weight is 434 g/mol. The van der Waals surface area contributed by atoms with Crippen LogP contribution in [0.5, 0.6) is 0 Å². The van der Waals surface area contributed by atoms with Crippen molar-refractivity contribution in [2.45, 2.75) is 18.2 Å². The van der Waals surface area contributed by atoms with Gasteiger partial charge in [0.25, 0.3) is 0 Å². The molecular formula is C24H23N3O3S. The van der Waals surface area contributed by atoms with Gasteiger partial charge in [0.05, 0.1) is 12.2 Å². The van der Waals surface area contributed by atoms with E-state index in [1.807, 2.05) is 54.6 Å². The molecule has 0 aliphatic rings. The van der Waals surface area contributed by atoms with Crippen LogP contribution >= 0.6 is 11.8 Å². The molecule has 6 nitrogen and oxygen atoms in total.